The van der Waals surface area contributed by atoms with E-state index in [9.17, 15) is 4.79 Å². The second kappa shape index (κ2) is 5.48. The molecule has 2 aromatic rings. The summed E-state index contributed by atoms with van der Waals surface area (Å²) in [5.74, 6) is 0.800. The lowest BCUT2D eigenvalue weighted by Crippen LogP contribution is -2.11. The van der Waals surface area contributed by atoms with Gasteiger partial charge in [-0.2, -0.15) is 4.98 Å². The van der Waals surface area contributed by atoms with E-state index in [2.05, 4.69) is 27.2 Å². The zero-order chi connectivity index (χ0) is 13.8. The van der Waals surface area contributed by atoms with Gasteiger partial charge in [0.2, 0.25) is 11.9 Å². The molecule has 19 heavy (non-hydrogen) atoms. The Morgan fingerprint density at radius 1 is 1.42 bits per heavy atom. The van der Waals surface area contributed by atoms with Crippen molar-refractivity contribution in [2.45, 2.75) is 13.8 Å². The number of hydrogen-bond acceptors (Lipinski definition) is 4. The molecule has 2 rings (SSSR count). The van der Waals surface area contributed by atoms with Crippen molar-refractivity contribution in [3.63, 3.8) is 0 Å². The molecule has 0 aliphatic carbocycles. The normalized spacial score (nSPS) is 10.2. The summed E-state index contributed by atoms with van der Waals surface area (Å²) in [4.78, 5) is 19.7. The van der Waals surface area contributed by atoms with Gasteiger partial charge in [-0.1, -0.05) is 17.7 Å². The van der Waals surface area contributed by atoms with Gasteiger partial charge in [0.1, 0.15) is 5.82 Å². The van der Waals surface area contributed by atoms with Gasteiger partial charge in [-0.25, -0.2) is 4.98 Å². The Kier molecular flexibility index (Phi) is 3.75. The fourth-order valence-corrected chi connectivity index (χ4v) is 1.76. The van der Waals surface area contributed by atoms with Crippen molar-refractivity contribution in [2.75, 3.05) is 17.2 Å². The number of nitrogens with one attached hydrogen (secondary N) is 2. The first-order chi connectivity index (χ1) is 9.10. The van der Waals surface area contributed by atoms with Gasteiger partial charge in [-0.15, -0.1) is 6.58 Å². The second-order valence-corrected chi connectivity index (χ2v) is 4.27. The molecule has 0 aliphatic rings. The summed E-state index contributed by atoms with van der Waals surface area (Å²) in [6.07, 6.45) is 1.75. The summed E-state index contributed by atoms with van der Waals surface area (Å²) in [6, 6.07) is 5.90. The summed E-state index contributed by atoms with van der Waals surface area (Å²) >= 11 is 0. The smallest absolute Gasteiger partial charge is 0.231 e. The lowest BCUT2D eigenvalue weighted by molar-refractivity contribution is -0.114. The molecule has 0 unspecified atom stereocenters. The van der Waals surface area contributed by atoms with Gasteiger partial charge in [0, 0.05) is 18.9 Å². The monoisotopic (exact) mass is 256 g/mol. The fourth-order valence-electron chi connectivity index (χ4n) is 1.76. The summed E-state index contributed by atoms with van der Waals surface area (Å²) < 4.78 is 0. The molecule has 5 heteroatoms. The van der Waals surface area contributed by atoms with E-state index in [0.717, 1.165) is 16.5 Å². The summed E-state index contributed by atoms with van der Waals surface area (Å²) in [7, 11) is 0. The Labute approximate surface area is 111 Å². The minimum absolute atomic E-state index is 0.193. The first kappa shape index (κ1) is 13.0. The zero-order valence-electron chi connectivity index (χ0n) is 11.0. The van der Waals surface area contributed by atoms with Crippen LogP contribution in [0, 0.1) is 6.92 Å². The molecule has 0 atom stereocenters. The van der Waals surface area contributed by atoms with Gasteiger partial charge in [0.05, 0.1) is 5.52 Å². The van der Waals surface area contributed by atoms with Crippen molar-refractivity contribution in [2.24, 2.45) is 0 Å². The third-order valence-electron chi connectivity index (χ3n) is 2.55. The Morgan fingerprint density at radius 3 is 2.89 bits per heavy atom. The van der Waals surface area contributed by atoms with Crippen LogP contribution in [0.1, 0.15) is 12.5 Å². The molecule has 1 heterocycles. The van der Waals surface area contributed by atoms with E-state index in [0.29, 0.717) is 18.3 Å². The fraction of sp³-hybridized carbons (Fsp3) is 0.214. The van der Waals surface area contributed by atoms with Gasteiger partial charge >= 0.3 is 0 Å². The topological polar surface area (TPSA) is 66.9 Å². The molecule has 0 fully saturated rings. The van der Waals surface area contributed by atoms with Gasteiger partial charge in [-0.05, 0) is 19.1 Å². The van der Waals surface area contributed by atoms with E-state index in [-0.39, 0.29) is 5.91 Å². The predicted molar refractivity (Wildman–Crippen MR) is 77.3 cm³/mol. The summed E-state index contributed by atoms with van der Waals surface area (Å²) in [5, 5.41) is 6.69. The molecule has 0 spiro atoms. The zero-order valence-corrected chi connectivity index (χ0v) is 11.0. The molecule has 5 nitrogen and oxygen atoms in total. The van der Waals surface area contributed by atoms with Crippen LogP contribution in [0.3, 0.4) is 0 Å². The molecule has 0 bridgehead atoms. The Hall–Kier alpha value is -2.43. The van der Waals surface area contributed by atoms with Gasteiger partial charge in [0.15, 0.2) is 0 Å². The van der Waals surface area contributed by atoms with Crippen LogP contribution < -0.4 is 10.6 Å². The molecule has 0 saturated carbocycles. The van der Waals surface area contributed by atoms with Gasteiger partial charge in [-0.3, -0.25) is 10.1 Å². The number of amides is 1. The van der Waals surface area contributed by atoms with Crippen molar-refractivity contribution in [1.82, 2.24) is 9.97 Å². The molecule has 0 aliphatic heterocycles. The summed E-state index contributed by atoms with van der Waals surface area (Å²) in [6.45, 7) is 7.71. The van der Waals surface area contributed by atoms with Crippen LogP contribution in [-0.4, -0.2) is 22.4 Å². The minimum atomic E-state index is -0.193. The number of hydrogen-bond donors (Lipinski definition) is 2. The highest BCUT2D eigenvalue weighted by Crippen LogP contribution is 2.23. The highest BCUT2D eigenvalue weighted by atomic mass is 16.1. The molecule has 0 saturated heterocycles. The Morgan fingerprint density at radius 2 is 2.21 bits per heavy atom. The number of anilines is 2. The van der Waals surface area contributed by atoms with Crippen molar-refractivity contribution >= 4 is 28.6 Å². The predicted octanol–water partition coefficient (Wildman–Crippen LogP) is 2.49. The largest absolute Gasteiger partial charge is 0.366 e. The van der Waals surface area contributed by atoms with E-state index in [1.165, 1.54) is 6.92 Å². The molecule has 98 valence electrons. The molecular formula is C14H16N4O. The first-order valence-corrected chi connectivity index (χ1v) is 6.01. The molecule has 2 N–H and O–H groups in total. The van der Waals surface area contributed by atoms with Crippen LogP contribution in [0.4, 0.5) is 11.8 Å². The average Bonchev–Trinajstić information content (AvgIpc) is 2.35. The maximum absolute atomic E-state index is 11.1. The lowest BCUT2D eigenvalue weighted by atomic mass is 10.1. The van der Waals surface area contributed by atoms with Gasteiger partial charge < -0.3 is 5.32 Å². The maximum Gasteiger partial charge on any atom is 0.231 e. The van der Waals surface area contributed by atoms with Crippen molar-refractivity contribution in [1.29, 1.82) is 0 Å². The average molecular weight is 256 g/mol. The number of fused-ring (bicyclic) bond motifs is 1. The molecular weight excluding hydrogens is 240 g/mol. The van der Waals surface area contributed by atoms with Crippen molar-refractivity contribution in [3.8, 4) is 0 Å². The number of rotatable bonds is 4. The molecule has 1 aromatic heterocycles. The third-order valence-corrected chi connectivity index (χ3v) is 2.55. The van der Waals surface area contributed by atoms with Crippen molar-refractivity contribution in [3.05, 3.63) is 36.4 Å². The number of benzene rings is 1. The Bertz CT molecular complexity index is 637. The Balaban J connectivity index is 2.54. The quantitative estimate of drug-likeness (QED) is 0.825. The van der Waals surface area contributed by atoms with Crippen LogP contribution in [0.5, 0.6) is 0 Å². The van der Waals surface area contributed by atoms with E-state index in [1.807, 2.05) is 25.1 Å². The van der Waals surface area contributed by atoms with Crippen LogP contribution in [0.2, 0.25) is 0 Å². The number of carbonyl (C=O) groups excluding carboxylic acids is 1. The molecule has 0 radical (unpaired) electrons. The molecule has 1 amide bonds. The second-order valence-electron chi connectivity index (χ2n) is 4.27. The maximum atomic E-state index is 11.1. The third kappa shape index (κ3) is 3.07. The van der Waals surface area contributed by atoms with Crippen LogP contribution in [0.25, 0.3) is 10.9 Å². The highest BCUT2D eigenvalue weighted by molar-refractivity contribution is 5.93. The van der Waals surface area contributed by atoms with Crippen LogP contribution in [0.15, 0.2) is 30.9 Å². The molecule has 1 aromatic carbocycles. The summed E-state index contributed by atoms with van der Waals surface area (Å²) in [5.41, 5.74) is 1.92. The van der Waals surface area contributed by atoms with Crippen LogP contribution >= 0.6 is 0 Å². The van der Waals surface area contributed by atoms with Crippen LogP contribution in [-0.2, 0) is 4.79 Å². The lowest BCUT2D eigenvalue weighted by Gasteiger charge is -2.10. The van der Waals surface area contributed by atoms with E-state index in [4.69, 9.17) is 0 Å². The van der Waals surface area contributed by atoms with E-state index >= 15 is 0 Å². The number of carbonyl (C=O) groups is 1. The van der Waals surface area contributed by atoms with Gasteiger partial charge in [0.25, 0.3) is 0 Å². The standard InChI is InChI=1S/C14H16N4O/c1-4-7-15-13-11-8-9(2)5-6-12(11)17-14(18-13)16-10(3)19/h4-6,8H,1,7H2,2-3H3,(H2,15,16,17,18,19). The number of aromatic nitrogens is 2. The minimum Gasteiger partial charge on any atom is -0.366 e. The number of aryl methyl sites for hydroxylation is 1. The van der Waals surface area contributed by atoms with E-state index in [1.54, 1.807) is 6.08 Å². The highest BCUT2D eigenvalue weighted by Gasteiger charge is 2.08. The first-order valence-electron chi connectivity index (χ1n) is 6.01. The number of nitrogens with zero attached hydrogens (tertiary/aromatic N) is 2. The van der Waals surface area contributed by atoms with Crippen molar-refractivity contribution < 1.29 is 4.79 Å². The SMILES string of the molecule is C=CCNc1nc(NC(C)=O)nc2ccc(C)cc12. The van der Waals surface area contributed by atoms with E-state index < -0.39 is 0 Å².